The molecule has 1 heterocycles. The first-order valence-electron chi connectivity index (χ1n) is 7.51. The molecular formula is C15H28O5. The maximum Gasteiger partial charge on any atom is 0.111 e. The highest BCUT2D eigenvalue weighted by atomic mass is 16.6. The van der Waals surface area contributed by atoms with Gasteiger partial charge in [0.2, 0.25) is 0 Å². The monoisotopic (exact) mass is 288 g/mol. The van der Waals surface area contributed by atoms with Crippen molar-refractivity contribution in [3.8, 4) is 0 Å². The number of unbranched alkanes of at least 4 members (excludes halogenated alkanes) is 4. The van der Waals surface area contributed by atoms with Crippen LogP contribution in [0.1, 0.15) is 39.0 Å². The van der Waals surface area contributed by atoms with Gasteiger partial charge in [-0.2, -0.15) is 0 Å². The molecule has 20 heavy (non-hydrogen) atoms. The first-order valence-corrected chi connectivity index (χ1v) is 7.51. The molecule has 5 nitrogen and oxygen atoms in total. The summed E-state index contributed by atoms with van der Waals surface area (Å²) < 4.78 is 10.7. The molecular weight excluding hydrogens is 260 g/mol. The van der Waals surface area contributed by atoms with Crippen LogP contribution in [-0.4, -0.2) is 59.6 Å². The fraction of sp³-hybridized carbons (Fsp3) is 0.867. The highest BCUT2D eigenvalue weighted by molar-refractivity contribution is 4.86. The summed E-state index contributed by atoms with van der Waals surface area (Å²) in [6.07, 6.45) is 6.11. The van der Waals surface area contributed by atoms with Crippen LogP contribution >= 0.6 is 0 Å². The molecule has 0 bridgehead atoms. The Kier molecular flexibility index (Phi) is 9.05. The third-order valence-corrected chi connectivity index (χ3v) is 3.53. The molecule has 0 aromatic rings. The van der Waals surface area contributed by atoms with Crippen molar-refractivity contribution in [2.24, 2.45) is 0 Å². The molecule has 1 aliphatic rings. The van der Waals surface area contributed by atoms with Crippen LogP contribution in [0.4, 0.5) is 0 Å². The Morgan fingerprint density at radius 3 is 2.60 bits per heavy atom. The maximum absolute atomic E-state index is 9.71. The Balaban J connectivity index is 1.98. The van der Waals surface area contributed by atoms with Crippen molar-refractivity contribution in [1.82, 2.24) is 0 Å². The van der Waals surface area contributed by atoms with E-state index in [0.29, 0.717) is 6.61 Å². The van der Waals surface area contributed by atoms with Gasteiger partial charge in [0.25, 0.3) is 0 Å². The van der Waals surface area contributed by atoms with Gasteiger partial charge in [0.1, 0.15) is 24.4 Å². The molecule has 4 atom stereocenters. The number of hydrogen-bond acceptors (Lipinski definition) is 5. The predicted octanol–water partition coefficient (Wildman–Crippen LogP) is 1.01. The standard InChI is InChI=1S/C15H28O5/c1-2-3-4-5-6-7-8-9-19-11-13-15(18)14(17)12(16)10-20-13/h2-3,12-18H,4-11H2,1H3/b3-2+/t12-,13+,14+,15+/m0/s1. The molecule has 5 heteroatoms. The smallest absolute Gasteiger partial charge is 0.111 e. The van der Waals surface area contributed by atoms with Gasteiger partial charge in [0, 0.05) is 6.61 Å². The summed E-state index contributed by atoms with van der Waals surface area (Å²) in [7, 11) is 0. The predicted molar refractivity (Wildman–Crippen MR) is 76.5 cm³/mol. The minimum absolute atomic E-state index is 0.0389. The number of hydrogen-bond donors (Lipinski definition) is 3. The van der Waals surface area contributed by atoms with Crippen molar-refractivity contribution >= 4 is 0 Å². The minimum atomic E-state index is -1.15. The van der Waals surface area contributed by atoms with E-state index in [1.807, 2.05) is 6.92 Å². The van der Waals surface area contributed by atoms with Crippen LogP contribution in [0.5, 0.6) is 0 Å². The summed E-state index contributed by atoms with van der Waals surface area (Å²) in [6, 6.07) is 0. The molecule has 1 aliphatic heterocycles. The van der Waals surface area contributed by atoms with Crippen molar-refractivity contribution in [1.29, 1.82) is 0 Å². The summed E-state index contributed by atoms with van der Waals surface area (Å²) >= 11 is 0. The van der Waals surface area contributed by atoms with E-state index in [2.05, 4.69) is 12.2 Å². The SMILES string of the molecule is C/C=C/CCCCCCOC[C@H]1OC[C@H](O)[C@@H](O)[C@@H]1O. The molecule has 0 aliphatic carbocycles. The zero-order valence-corrected chi connectivity index (χ0v) is 12.3. The molecule has 0 spiro atoms. The molecule has 0 radical (unpaired) electrons. The quantitative estimate of drug-likeness (QED) is 0.436. The van der Waals surface area contributed by atoms with E-state index in [1.165, 1.54) is 12.8 Å². The second-order valence-electron chi connectivity index (χ2n) is 5.27. The Hall–Kier alpha value is -0.460. The number of aliphatic hydroxyl groups excluding tert-OH is 3. The fourth-order valence-corrected chi connectivity index (χ4v) is 2.20. The van der Waals surface area contributed by atoms with Crippen LogP contribution < -0.4 is 0 Å². The third kappa shape index (κ3) is 6.33. The maximum atomic E-state index is 9.71. The van der Waals surface area contributed by atoms with Crippen molar-refractivity contribution in [2.75, 3.05) is 19.8 Å². The van der Waals surface area contributed by atoms with E-state index in [-0.39, 0.29) is 13.2 Å². The zero-order valence-electron chi connectivity index (χ0n) is 12.3. The van der Waals surface area contributed by atoms with Crippen LogP contribution in [0.2, 0.25) is 0 Å². The summed E-state index contributed by atoms with van der Waals surface area (Å²) in [5.41, 5.74) is 0. The van der Waals surface area contributed by atoms with E-state index in [0.717, 1.165) is 19.3 Å². The molecule has 0 aromatic carbocycles. The molecule has 0 unspecified atom stereocenters. The molecule has 0 aromatic heterocycles. The lowest BCUT2D eigenvalue weighted by atomic mass is 10.0. The van der Waals surface area contributed by atoms with Gasteiger partial charge in [-0.25, -0.2) is 0 Å². The van der Waals surface area contributed by atoms with Gasteiger partial charge < -0.3 is 24.8 Å². The number of ether oxygens (including phenoxy) is 2. The Morgan fingerprint density at radius 2 is 1.85 bits per heavy atom. The molecule has 0 saturated carbocycles. The lowest BCUT2D eigenvalue weighted by Crippen LogP contribution is -2.54. The lowest BCUT2D eigenvalue weighted by Gasteiger charge is -2.35. The van der Waals surface area contributed by atoms with E-state index >= 15 is 0 Å². The van der Waals surface area contributed by atoms with E-state index in [1.54, 1.807) is 0 Å². The minimum Gasteiger partial charge on any atom is -0.388 e. The normalized spacial score (nSPS) is 31.0. The highest BCUT2D eigenvalue weighted by Gasteiger charge is 2.37. The Bertz CT molecular complexity index is 269. The van der Waals surface area contributed by atoms with E-state index in [9.17, 15) is 15.3 Å². The topological polar surface area (TPSA) is 79.2 Å². The summed E-state index contributed by atoms with van der Waals surface area (Å²) in [5, 5.41) is 28.5. The molecule has 1 fully saturated rings. The Morgan fingerprint density at radius 1 is 1.10 bits per heavy atom. The zero-order chi connectivity index (χ0) is 14.8. The van der Waals surface area contributed by atoms with Gasteiger partial charge in [-0.15, -0.1) is 0 Å². The third-order valence-electron chi connectivity index (χ3n) is 3.53. The van der Waals surface area contributed by atoms with Crippen LogP contribution in [-0.2, 0) is 9.47 Å². The molecule has 0 amide bonds. The second-order valence-corrected chi connectivity index (χ2v) is 5.27. The number of aliphatic hydroxyl groups is 3. The average Bonchev–Trinajstić information content (AvgIpc) is 2.45. The van der Waals surface area contributed by atoms with Gasteiger partial charge in [-0.1, -0.05) is 25.0 Å². The lowest BCUT2D eigenvalue weighted by molar-refractivity contribution is -0.199. The average molecular weight is 288 g/mol. The molecule has 1 saturated heterocycles. The van der Waals surface area contributed by atoms with Gasteiger partial charge in [0.05, 0.1) is 13.2 Å². The summed E-state index contributed by atoms with van der Waals surface area (Å²) in [4.78, 5) is 0. The fourth-order valence-electron chi connectivity index (χ4n) is 2.20. The first kappa shape index (κ1) is 17.6. The van der Waals surface area contributed by atoms with Gasteiger partial charge >= 0.3 is 0 Å². The van der Waals surface area contributed by atoms with Gasteiger partial charge in [0.15, 0.2) is 0 Å². The van der Waals surface area contributed by atoms with Crippen LogP contribution in [0.15, 0.2) is 12.2 Å². The Labute approximate surface area is 121 Å². The number of rotatable bonds is 9. The number of allylic oxidation sites excluding steroid dienone is 2. The van der Waals surface area contributed by atoms with Crippen LogP contribution in [0.25, 0.3) is 0 Å². The highest BCUT2D eigenvalue weighted by Crippen LogP contribution is 2.16. The van der Waals surface area contributed by atoms with Crippen molar-refractivity contribution in [3.63, 3.8) is 0 Å². The van der Waals surface area contributed by atoms with Crippen LogP contribution in [0, 0.1) is 0 Å². The van der Waals surface area contributed by atoms with Crippen molar-refractivity contribution in [3.05, 3.63) is 12.2 Å². The van der Waals surface area contributed by atoms with Gasteiger partial charge in [-0.05, 0) is 26.2 Å². The van der Waals surface area contributed by atoms with E-state index < -0.39 is 24.4 Å². The van der Waals surface area contributed by atoms with Gasteiger partial charge in [-0.3, -0.25) is 0 Å². The summed E-state index contributed by atoms with van der Waals surface area (Å²) in [6.45, 7) is 2.96. The molecule has 1 rings (SSSR count). The largest absolute Gasteiger partial charge is 0.388 e. The molecule has 118 valence electrons. The first-order chi connectivity index (χ1) is 9.66. The van der Waals surface area contributed by atoms with Crippen LogP contribution in [0.3, 0.4) is 0 Å². The summed E-state index contributed by atoms with van der Waals surface area (Å²) in [5.74, 6) is 0. The second kappa shape index (κ2) is 10.3. The van der Waals surface area contributed by atoms with Crippen molar-refractivity contribution < 1.29 is 24.8 Å². The molecule has 3 N–H and O–H groups in total. The van der Waals surface area contributed by atoms with Crippen molar-refractivity contribution in [2.45, 2.75) is 63.4 Å². The van der Waals surface area contributed by atoms with E-state index in [4.69, 9.17) is 9.47 Å².